The molecule has 0 spiro atoms. The van der Waals surface area contributed by atoms with Crippen LogP contribution in [0.1, 0.15) is 68.2 Å². The van der Waals surface area contributed by atoms with Crippen molar-refractivity contribution in [2.24, 2.45) is 10.8 Å². The number of amides is 8. The van der Waals surface area contributed by atoms with Crippen molar-refractivity contribution in [3.63, 3.8) is 0 Å². The zero-order chi connectivity index (χ0) is 53.0. The zero-order valence-electron chi connectivity index (χ0n) is 42.7. The van der Waals surface area contributed by atoms with Gasteiger partial charge in [-0.15, -0.1) is 0 Å². The molecule has 0 aromatic heterocycles. The van der Waals surface area contributed by atoms with Crippen molar-refractivity contribution in [3.05, 3.63) is 60.2 Å². The molecule has 4 fully saturated rings. The predicted octanol–water partition coefficient (Wildman–Crippen LogP) is 0.293. The Morgan fingerprint density at radius 1 is 0.569 bits per heavy atom. The number of halogens is 2. The van der Waals surface area contributed by atoms with Crippen LogP contribution >= 0.6 is 0 Å². The van der Waals surface area contributed by atoms with Gasteiger partial charge in [-0.3, -0.25) is 38.4 Å². The fourth-order valence-electron chi connectivity index (χ4n) is 9.83. The van der Waals surface area contributed by atoms with Crippen LogP contribution in [0.5, 0.6) is 11.5 Å². The van der Waals surface area contributed by atoms with E-state index in [1.807, 2.05) is 41.5 Å². The fourth-order valence-corrected chi connectivity index (χ4v) is 9.83. The first-order valence-electron chi connectivity index (χ1n) is 24.4. The van der Waals surface area contributed by atoms with E-state index in [-0.39, 0.29) is 49.8 Å². The molecule has 8 amide bonds. The van der Waals surface area contributed by atoms with E-state index in [1.54, 1.807) is 37.7 Å². The number of likely N-dealkylation sites (N-methyl/N-ethyl adjacent to an activating group) is 2. The number of ether oxygens (including phenoxy) is 2. The second-order valence-corrected chi connectivity index (χ2v) is 21.1. The summed E-state index contributed by atoms with van der Waals surface area (Å²) in [6, 6.07) is 5.02. The monoisotopic (exact) mass is 1010 g/mol. The lowest BCUT2D eigenvalue weighted by Crippen LogP contribution is -2.59. The van der Waals surface area contributed by atoms with Crippen molar-refractivity contribution in [2.45, 2.75) is 129 Å². The number of fused-ring (bicyclic) bond motifs is 2. The first kappa shape index (κ1) is 54.9. The van der Waals surface area contributed by atoms with Crippen LogP contribution in [0.4, 0.5) is 8.78 Å². The largest absolute Gasteiger partial charge is 0.486 e. The molecule has 72 heavy (non-hydrogen) atoms. The minimum Gasteiger partial charge on any atom is -0.486 e. The molecule has 2 aromatic carbocycles. The highest BCUT2D eigenvalue weighted by Gasteiger charge is 2.56. The van der Waals surface area contributed by atoms with Gasteiger partial charge in [0.05, 0.1) is 62.4 Å². The second kappa shape index (κ2) is 22.6. The molecular formula is C50H70F2N10O10. The third kappa shape index (κ3) is 12.4. The summed E-state index contributed by atoms with van der Waals surface area (Å²) in [5.41, 5.74) is -1.43. The molecule has 6 rings (SSSR count). The van der Waals surface area contributed by atoms with Crippen molar-refractivity contribution in [1.82, 2.24) is 51.5 Å². The van der Waals surface area contributed by atoms with E-state index in [9.17, 15) is 47.1 Å². The lowest BCUT2D eigenvalue weighted by molar-refractivity contribution is -0.142. The van der Waals surface area contributed by atoms with E-state index in [4.69, 9.17) is 9.47 Å². The molecule has 10 unspecified atom stereocenters. The lowest BCUT2D eigenvalue weighted by Gasteiger charge is -2.37. The van der Waals surface area contributed by atoms with Gasteiger partial charge in [0.2, 0.25) is 35.4 Å². The van der Waals surface area contributed by atoms with Gasteiger partial charge < -0.3 is 61.0 Å². The number of hydrogen-bond donors (Lipinski definition) is 6. The third-order valence-electron chi connectivity index (χ3n) is 14.0. The molecule has 2 aromatic rings. The van der Waals surface area contributed by atoms with Crippen LogP contribution in [-0.2, 0) is 38.4 Å². The number of benzene rings is 2. The van der Waals surface area contributed by atoms with Gasteiger partial charge in [-0.1, -0.05) is 41.5 Å². The van der Waals surface area contributed by atoms with Gasteiger partial charge in [-0.2, -0.15) is 0 Å². The molecule has 0 radical (unpaired) electrons. The molecule has 4 aliphatic rings. The predicted molar refractivity (Wildman–Crippen MR) is 259 cm³/mol. The quantitative estimate of drug-likeness (QED) is 0.125. The minimum atomic E-state index is -1.19. The Balaban J connectivity index is 1.11. The van der Waals surface area contributed by atoms with E-state index in [0.717, 1.165) is 0 Å². The van der Waals surface area contributed by atoms with E-state index in [2.05, 4.69) is 31.9 Å². The molecule has 4 heterocycles. The Bertz CT molecular complexity index is 2180. The Morgan fingerprint density at radius 3 is 1.21 bits per heavy atom. The summed E-state index contributed by atoms with van der Waals surface area (Å²) in [4.78, 5) is 115. The van der Waals surface area contributed by atoms with Gasteiger partial charge in [0.15, 0.2) is 0 Å². The van der Waals surface area contributed by atoms with Crippen molar-refractivity contribution in [2.75, 3.05) is 53.4 Å². The van der Waals surface area contributed by atoms with Gasteiger partial charge in [0.25, 0.3) is 0 Å². The Hall–Kier alpha value is -6.42. The summed E-state index contributed by atoms with van der Waals surface area (Å²) < 4.78 is 40.3. The molecule has 4 aliphatic heterocycles. The first-order chi connectivity index (χ1) is 33.8. The Labute approximate surface area is 419 Å². The van der Waals surface area contributed by atoms with Crippen molar-refractivity contribution >= 4 is 47.3 Å². The number of carbonyl (C=O) groups excluding carboxylic acids is 8. The average molecular weight is 1010 g/mol. The lowest BCUT2D eigenvalue weighted by atomic mass is 9.85. The van der Waals surface area contributed by atoms with Crippen LogP contribution in [-0.4, -0.2) is 181 Å². The molecule has 0 saturated carbocycles. The number of hydrogen-bond acceptors (Lipinski definition) is 12. The van der Waals surface area contributed by atoms with Crippen molar-refractivity contribution in [1.29, 1.82) is 0 Å². The average Bonchev–Trinajstić information content (AvgIpc) is 4.13. The van der Waals surface area contributed by atoms with Crippen molar-refractivity contribution in [3.8, 4) is 11.5 Å². The number of rotatable bonds is 16. The maximum Gasteiger partial charge on any atom is 0.309 e. The van der Waals surface area contributed by atoms with Crippen LogP contribution in [0.25, 0.3) is 0 Å². The number of likely N-dealkylation sites (tertiary alicyclic amines) is 4. The molecule has 22 heteroatoms. The normalized spacial score (nSPS) is 23.3. The smallest absolute Gasteiger partial charge is 0.309 e. The molecule has 4 saturated heterocycles. The maximum atomic E-state index is 14.4. The summed E-state index contributed by atoms with van der Waals surface area (Å²) in [6.07, 6.45) is -0.915. The minimum absolute atomic E-state index is 0.0246. The highest BCUT2D eigenvalue weighted by atomic mass is 19.1. The van der Waals surface area contributed by atoms with Crippen LogP contribution in [0, 0.1) is 22.5 Å². The zero-order valence-corrected chi connectivity index (χ0v) is 42.7. The highest BCUT2D eigenvalue weighted by molar-refractivity contribution is 6.35. The molecule has 10 atom stereocenters. The maximum absolute atomic E-state index is 14.4. The summed E-state index contributed by atoms with van der Waals surface area (Å²) >= 11 is 0. The number of carbonyl (C=O) groups is 8. The topological polar surface area (TPSA) is 240 Å². The number of nitrogens with one attached hydrogen (secondary N) is 6. The highest BCUT2D eigenvalue weighted by Crippen LogP contribution is 2.38. The molecule has 20 nitrogen and oxygen atoms in total. The Morgan fingerprint density at radius 2 is 0.903 bits per heavy atom. The van der Waals surface area contributed by atoms with Gasteiger partial charge in [0, 0.05) is 13.1 Å². The van der Waals surface area contributed by atoms with Crippen molar-refractivity contribution < 1.29 is 56.6 Å². The second-order valence-electron chi connectivity index (χ2n) is 21.1. The molecule has 394 valence electrons. The molecule has 6 N–H and O–H groups in total. The van der Waals surface area contributed by atoms with E-state index in [1.165, 1.54) is 58.3 Å². The summed E-state index contributed by atoms with van der Waals surface area (Å²) in [5, 5.41) is 16.2. The van der Waals surface area contributed by atoms with Crippen LogP contribution in [0.3, 0.4) is 0 Å². The number of nitrogens with zero attached hydrogens (tertiary/aromatic N) is 4. The van der Waals surface area contributed by atoms with E-state index >= 15 is 0 Å². The van der Waals surface area contributed by atoms with E-state index in [0.29, 0.717) is 24.3 Å². The Kier molecular flexibility index (Phi) is 17.2. The van der Waals surface area contributed by atoms with Crippen LogP contribution in [0.2, 0.25) is 0 Å². The molecule has 0 aliphatic carbocycles. The third-order valence-corrected chi connectivity index (χ3v) is 14.0. The summed E-state index contributed by atoms with van der Waals surface area (Å²) in [7, 11) is 3.26. The fraction of sp³-hybridized carbons (Fsp3) is 0.600. The molecular weight excluding hydrogens is 939 g/mol. The van der Waals surface area contributed by atoms with Crippen LogP contribution < -0.4 is 41.4 Å². The van der Waals surface area contributed by atoms with E-state index < -0.39 is 120 Å². The van der Waals surface area contributed by atoms with Gasteiger partial charge in [0.1, 0.15) is 47.4 Å². The standard InChI is InChI=1S/C50H70F2N10O10/c1-27(53-9)43(65)57-41(49(3,4)5)47(69)59-21-19-33-39(59)35(71-31-15-11-29(51)12-16-31)25-61(33)37(63)23-55-45(67)46(68)56-24-38(64)62-26-36(72-32-17-13-30(52)14-18-32)40-34(62)20-22-60(40)48(70)42(50(6,7)8)58-44(66)28(2)54-10/h11-18,27-28,33-36,39-42,53-54H,19-26H2,1-10H3,(H,55,67)(H,56,68)(H,57,65)(H,58,66). The first-order valence-corrected chi connectivity index (χ1v) is 24.4. The van der Waals surface area contributed by atoms with Crippen LogP contribution in [0.15, 0.2) is 48.5 Å². The van der Waals surface area contributed by atoms with Gasteiger partial charge in [-0.05, 0) is 100 Å². The molecule has 0 bridgehead atoms. The van der Waals surface area contributed by atoms with Gasteiger partial charge >= 0.3 is 11.8 Å². The summed E-state index contributed by atoms with van der Waals surface area (Å²) in [5.74, 6) is -5.41. The van der Waals surface area contributed by atoms with Gasteiger partial charge in [-0.25, -0.2) is 8.78 Å². The summed E-state index contributed by atoms with van der Waals surface area (Å²) in [6.45, 7) is 13.5. The SMILES string of the molecule is CNC(C)C(=O)NC(C(=O)N1CCC2C1C(Oc1ccc(F)cc1)CN2C(=O)CNC(=O)C(=O)NCC(=O)N1CC(Oc2ccc(F)cc2)C2C1CCN2C(=O)C(NC(=O)C(C)NC)C(C)(C)C)C(C)(C)C.